The summed E-state index contributed by atoms with van der Waals surface area (Å²) in [5.74, 6) is -0.242. The van der Waals surface area contributed by atoms with Crippen LogP contribution in [-0.4, -0.2) is 42.3 Å². The third-order valence-electron chi connectivity index (χ3n) is 4.59. The lowest BCUT2D eigenvalue weighted by molar-refractivity contribution is 0.151. The second-order valence-corrected chi connectivity index (χ2v) is 5.94. The molecule has 21 heavy (non-hydrogen) atoms. The number of nitrogens with one attached hydrogen (secondary N) is 1. The van der Waals surface area contributed by atoms with Crippen LogP contribution >= 0.6 is 0 Å². The summed E-state index contributed by atoms with van der Waals surface area (Å²) in [7, 11) is 1.67. The topological polar surface area (TPSA) is 52.6 Å². The number of aliphatic hydroxyl groups is 1. The Hall–Kier alpha value is -1.62. The molecule has 4 nitrogen and oxygen atoms in total. The van der Waals surface area contributed by atoms with Crippen LogP contribution in [0.4, 0.5) is 9.18 Å². The number of carbonyl (C=O) groups is 1. The number of hydrogen-bond donors (Lipinski definition) is 2. The van der Waals surface area contributed by atoms with E-state index >= 15 is 0 Å². The van der Waals surface area contributed by atoms with Gasteiger partial charge in [-0.15, -0.1) is 0 Å². The van der Waals surface area contributed by atoms with Crippen LogP contribution in [0.25, 0.3) is 0 Å². The van der Waals surface area contributed by atoms with E-state index in [0.29, 0.717) is 6.54 Å². The average Bonchev–Trinajstić information content (AvgIpc) is 2.45. The molecule has 2 amide bonds. The Morgan fingerprint density at radius 1 is 1.43 bits per heavy atom. The Labute approximate surface area is 125 Å². The van der Waals surface area contributed by atoms with Gasteiger partial charge in [0.15, 0.2) is 0 Å². The van der Waals surface area contributed by atoms with E-state index in [9.17, 15) is 9.18 Å². The molecule has 1 fully saturated rings. The highest BCUT2D eigenvalue weighted by Gasteiger charge is 2.39. The van der Waals surface area contributed by atoms with Crippen molar-refractivity contribution in [1.29, 1.82) is 0 Å². The first-order valence-corrected chi connectivity index (χ1v) is 7.36. The second-order valence-electron chi connectivity index (χ2n) is 5.94. The highest BCUT2D eigenvalue weighted by molar-refractivity contribution is 5.74. The largest absolute Gasteiger partial charge is 0.394 e. The quantitative estimate of drug-likeness (QED) is 0.875. The van der Waals surface area contributed by atoms with E-state index in [0.717, 1.165) is 24.8 Å². The molecular formula is C16H23FN2O2. The molecule has 0 saturated heterocycles. The van der Waals surface area contributed by atoms with E-state index in [1.54, 1.807) is 26.1 Å². The number of halogens is 1. The zero-order valence-electron chi connectivity index (χ0n) is 12.6. The van der Waals surface area contributed by atoms with Gasteiger partial charge < -0.3 is 15.3 Å². The minimum absolute atomic E-state index is 0.0625. The zero-order chi connectivity index (χ0) is 15.5. The van der Waals surface area contributed by atoms with Crippen LogP contribution in [0.5, 0.6) is 0 Å². The van der Waals surface area contributed by atoms with E-state index in [4.69, 9.17) is 5.11 Å². The lowest BCUT2D eigenvalue weighted by Crippen LogP contribution is -2.50. The predicted molar refractivity (Wildman–Crippen MR) is 79.6 cm³/mol. The number of amides is 2. The Morgan fingerprint density at radius 3 is 2.52 bits per heavy atom. The van der Waals surface area contributed by atoms with Gasteiger partial charge in [0.05, 0.1) is 12.6 Å². The van der Waals surface area contributed by atoms with Gasteiger partial charge in [0.1, 0.15) is 5.82 Å². The van der Waals surface area contributed by atoms with Crippen LogP contribution in [0.2, 0.25) is 0 Å². The molecule has 0 aliphatic heterocycles. The van der Waals surface area contributed by atoms with E-state index in [1.807, 2.05) is 0 Å². The van der Waals surface area contributed by atoms with E-state index in [2.05, 4.69) is 5.32 Å². The standard InChI is InChI=1S/C16H23FN2O2/c1-12(10-20)19(2)15(21)18-11-16(8-3-9-16)13-4-6-14(17)7-5-13/h4-7,12,20H,3,8-11H2,1-2H3,(H,18,21). The molecule has 0 spiro atoms. The van der Waals surface area contributed by atoms with Crippen molar-refractivity contribution in [3.8, 4) is 0 Å². The fraction of sp³-hybridized carbons (Fsp3) is 0.562. The minimum atomic E-state index is -0.242. The van der Waals surface area contributed by atoms with E-state index in [1.165, 1.54) is 17.0 Å². The first-order chi connectivity index (χ1) is 9.98. The van der Waals surface area contributed by atoms with Crippen molar-refractivity contribution >= 4 is 6.03 Å². The van der Waals surface area contributed by atoms with Gasteiger partial charge in [-0.25, -0.2) is 9.18 Å². The van der Waals surface area contributed by atoms with Crippen molar-refractivity contribution < 1.29 is 14.3 Å². The fourth-order valence-electron chi connectivity index (χ4n) is 2.67. The Kier molecular flexibility index (Phi) is 4.83. The summed E-state index contributed by atoms with van der Waals surface area (Å²) in [5.41, 5.74) is 1.00. The Morgan fingerprint density at radius 2 is 2.05 bits per heavy atom. The number of carbonyl (C=O) groups excluding carboxylic acids is 1. The number of benzene rings is 1. The number of nitrogens with zero attached hydrogens (tertiary/aromatic N) is 1. The maximum absolute atomic E-state index is 13.0. The number of rotatable bonds is 5. The van der Waals surface area contributed by atoms with Gasteiger partial charge >= 0.3 is 6.03 Å². The van der Waals surface area contributed by atoms with Crippen molar-refractivity contribution in [3.05, 3.63) is 35.6 Å². The molecular weight excluding hydrogens is 271 g/mol. The van der Waals surface area contributed by atoms with Gasteiger partial charge in [-0.3, -0.25) is 0 Å². The summed E-state index contributed by atoms with van der Waals surface area (Å²) >= 11 is 0. The summed E-state index contributed by atoms with van der Waals surface area (Å²) in [6.45, 7) is 2.27. The van der Waals surface area contributed by atoms with Gasteiger partial charge in [-0.1, -0.05) is 18.6 Å². The number of likely N-dealkylation sites (N-methyl/N-ethyl adjacent to an activating group) is 1. The SMILES string of the molecule is CC(CO)N(C)C(=O)NCC1(c2ccc(F)cc2)CCC1. The molecule has 2 rings (SSSR count). The third kappa shape index (κ3) is 3.35. The number of urea groups is 1. The van der Waals surface area contributed by atoms with Crippen LogP contribution < -0.4 is 5.32 Å². The second kappa shape index (κ2) is 6.43. The maximum atomic E-state index is 13.0. The average molecular weight is 294 g/mol. The van der Waals surface area contributed by atoms with Crippen LogP contribution in [0.1, 0.15) is 31.7 Å². The zero-order valence-corrected chi connectivity index (χ0v) is 12.6. The molecule has 2 N–H and O–H groups in total. The Balaban J connectivity index is 2.00. The van der Waals surface area contributed by atoms with Gasteiger partial charge in [0.25, 0.3) is 0 Å². The van der Waals surface area contributed by atoms with Gasteiger partial charge in [-0.05, 0) is 37.5 Å². The molecule has 1 aromatic rings. The molecule has 0 radical (unpaired) electrons. The van der Waals surface area contributed by atoms with Crippen LogP contribution in [0.3, 0.4) is 0 Å². The molecule has 1 atom stereocenters. The summed E-state index contributed by atoms with van der Waals surface area (Å²) < 4.78 is 13.0. The van der Waals surface area contributed by atoms with Gasteiger partial charge in [0, 0.05) is 19.0 Å². The van der Waals surface area contributed by atoms with Crippen LogP contribution in [-0.2, 0) is 5.41 Å². The summed E-state index contributed by atoms with van der Waals surface area (Å²) in [6, 6.07) is 6.15. The molecule has 1 aliphatic carbocycles. The van der Waals surface area contributed by atoms with Crippen LogP contribution in [0, 0.1) is 5.82 Å². The highest BCUT2D eigenvalue weighted by atomic mass is 19.1. The molecule has 1 aromatic carbocycles. The number of aliphatic hydroxyl groups excluding tert-OH is 1. The molecule has 0 aromatic heterocycles. The van der Waals surface area contributed by atoms with Crippen molar-refractivity contribution in [2.45, 2.75) is 37.6 Å². The lowest BCUT2D eigenvalue weighted by Gasteiger charge is -2.43. The minimum Gasteiger partial charge on any atom is -0.394 e. The normalized spacial score (nSPS) is 17.7. The molecule has 5 heteroatoms. The first kappa shape index (κ1) is 15.8. The third-order valence-corrected chi connectivity index (χ3v) is 4.59. The summed E-state index contributed by atoms with van der Waals surface area (Å²) in [6.07, 6.45) is 3.12. The lowest BCUT2D eigenvalue weighted by atomic mass is 9.64. The summed E-state index contributed by atoms with van der Waals surface area (Å²) in [5, 5.41) is 12.0. The molecule has 1 aliphatic rings. The molecule has 1 saturated carbocycles. The van der Waals surface area contributed by atoms with Crippen molar-refractivity contribution in [2.75, 3.05) is 20.2 Å². The van der Waals surface area contributed by atoms with Crippen LogP contribution in [0.15, 0.2) is 24.3 Å². The Bertz CT molecular complexity index is 486. The first-order valence-electron chi connectivity index (χ1n) is 7.36. The smallest absolute Gasteiger partial charge is 0.317 e. The maximum Gasteiger partial charge on any atom is 0.317 e. The monoisotopic (exact) mass is 294 g/mol. The molecule has 0 bridgehead atoms. The van der Waals surface area contributed by atoms with Crippen molar-refractivity contribution in [3.63, 3.8) is 0 Å². The van der Waals surface area contributed by atoms with Gasteiger partial charge in [-0.2, -0.15) is 0 Å². The highest BCUT2D eigenvalue weighted by Crippen LogP contribution is 2.43. The molecule has 0 heterocycles. The van der Waals surface area contributed by atoms with E-state index < -0.39 is 0 Å². The molecule has 1 unspecified atom stereocenters. The van der Waals surface area contributed by atoms with E-state index in [-0.39, 0.29) is 29.9 Å². The van der Waals surface area contributed by atoms with Crippen molar-refractivity contribution in [1.82, 2.24) is 10.2 Å². The number of hydrogen-bond acceptors (Lipinski definition) is 2. The summed E-state index contributed by atoms with van der Waals surface area (Å²) in [4.78, 5) is 13.6. The van der Waals surface area contributed by atoms with Crippen molar-refractivity contribution in [2.24, 2.45) is 0 Å². The molecule has 116 valence electrons. The predicted octanol–water partition coefficient (Wildman–Crippen LogP) is 2.27. The fourth-order valence-corrected chi connectivity index (χ4v) is 2.67. The van der Waals surface area contributed by atoms with Gasteiger partial charge in [0.2, 0.25) is 0 Å².